The molecule has 0 spiro atoms. The lowest BCUT2D eigenvalue weighted by Crippen LogP contribution is -2.38. The van der Waals surface area contributed by atoms with Crippen LogP contribution in [-0.4, -0.2) is 43.8 Å². The van der Waals surface area contributed by atoms with Crippen molar-refractivity contribution in [3.63, 3.8) is 0 Å². The molecule has 1 N–H and O–H groups in total. The first-order valence-electron chi connectivity index (χ1n) is 8.81. The van der Waals surface area contributed by atoms with Gasteiger partial charge in [-0.2, -0.15) is 0 Å². The topological polar surface area (TPSA) is 60.0 Å². The fraction of sp³-hybridized carbons (Fsp3) is 0.611. The van der Waals surface area contributed by atoms with E-state index in [0.717, 1.165) is 25.9 Å². The SMILES string of the molecule is CCOc1cc(NC(=O)N2CCCCC2)cc(OCC)c1OCC. The van der Waals surface area contributed by atoms with Crippen LogP contribution in [0.25, 0.3) is 0 Å². The summed E-state index contributed by atoms with van der Waals surface area (Å²) in [4.78, 5) is 14.3. The Morgan fingerprint density at radius 1 is 0.958 bits per heavy atom. The number of nitrogens with zero attached hydrogens (tertiary/aromatic N) is 1. The number of nitrogens with one attached hydrogen (secondary N) is 1. The summed E-state index contributed by atoms with van der Waals surface area (Å²) in [6, 6.07) is 3.50. The number of rotatable bonds is 7. The number of carbonyl (C=O) groups excluding carboxylic acids is 1. The monoisotopic (exact) mass is 336 g/mol. The van der Waals surface area contributed by atoms with Crippen LogP contribution in [0.5, 0.6) is 17.2 Å². The minimum absolute atomic E-state index is 0.0799. The summed E-state index contributed by atoms with van der Waals surface area (Å²) >= 11 is 0. The lowest BCUT2D eigenvalue weighted by atomic mass is 10.1. The zero-order valence-corrected chi connectivity index (χ0v) is 14.9. The van der Waals surface area contributed by atoms with E-state index in [9.17, 15) is 4.79 Å². The highest BCUT2D eigenvalue weighted by molar-refractivity contribution is 5.90. The number of hydrogen-bond acceptors (Lipinski definition) is 4. The molecule has 2 amide bonds. The molecule has 6 nitrogen and oxygen atoms in total. The maximum atomic E-state index is 12.4. The second-order valence-corrected chi connectivity index (χ2v) is 5.58. The number of likely N-dealkylation sites (tertiary alicyclic amines) is 1. The zero-order valence-electron chi connectivity index (χ0n) is 14.9. The number of piperidine rings is 1. The molecule has 24 heavy (non-hydrogen) atoms. The van der Waals surface area contributed by atoms with E-state index in [2.05, 4.69) is 5.32 Å². The lowest BCUT2D eigenvalue weighted by molar-refractivity contribution is 0.200. The van der Waals surface area contributed by atoms with Crippen molar-refractivity contribution >= 4 is 11.7 Å². The van der Waals surface area contributed by atoms with E-state index in [1.165, 1.54) is 6.42 Å². The molecule has 1 aliphatic heterocycles. The number of carbonyl (C=O) groups is 1. The highest BCUT2D eigenvalue weighted by Gasteiger charge is 2.19. The second kappa shape index (κ2) is 9.25. The summed E-state index contributed by atoms with van der Waals surface area (Å²) in [5, 5.41) is 2.95. The van der Waals surface area contributed by atoms with Crippen LogP contribution in [0.1, 0.15) is 40.0 Å². The van der Waals surface area contributed by atoms with Crippen molar-refractivity contribution in [2.45, 2.75) is 40.0 Å². The molecule has 134 valence electrons. The second-order valence-electron chi connectivity index (χ2n) is 5.58. The highest BCUT2D eigenvalue weighted by atomic mass is 16.5. The molecule has 1 saturated heterocycles. The minimum Gasteiger partial charge on any atom is -0.490 e. The van der Waals surface area contributed by atoms with Gasteiger partial charge in [-0.3, -0.25) is 0 Å². The molecule has 0 unspecified atom stereocenters. The maximum absolute atomic E-state index is 12.4. The van der Waals surface area contributed by atoms with Crippen molar-refractivity contribution in [1.29, 1.82) is 0 Å². The van der Waals surface area contributed by atoms with Crippen LogP contribution in [0.3, 0.4) is 0 Å². The number of benzene rings is 1. The van der Waals surface area contributed by atoms with Gasteiger partial charge in [0.05, 0.1) is 25.5 Å². The van der Waals surface area contributed by atoms with Gasteiger partial charge in [0, 0.05) is 25.2 Å². The smallest absolute Gasteiger partial charge is 0.321 e. The number of hydrogen-bond donors (Lipinski definition) is 1. The Bertz CT molecular complexity index is 515. The molecule has 0 radical (unpaired) electrons. The van der Waals surface area contributed by atoms with Gasteiger partial charge in [0.25, 0.3) is 0 Å². The van der Waals surface area contributed by atoms with Crippen LogP contribution in [0.2, 0.25) is 0 Å². The molecule has 0 bridgehead atoms. The van der Waals surface area contributed by atoms with Crippen molar-refractivity contribution in [2.75, 3.05) is 38.2 Å². The van der Waals surface area contributed by atoms with E-state index in [0.29, 0.717) is 42.8 Å². The van der Waals surface area contributed by atoms with E-state index in [1.807, 2.05) is 25.7 Å². The fourth-order valence-electron chi connectivity index (χ4n) is 2.76. The van der Waals surface area contributed by atoms with Gasteiger partial charge in [-0.1, -0.05) is 0 Å². The van der Waals surface area contributed by atoms with Crippen LogP contribution < -0.4 is 19.5 Å². The molecule has 0 aromatic heterocycles. The number of anilines is 1. The van der Waals surface area contributed by atoms with Crippen LogP contribution in [0, 0.1) is 0 Å². The summed E-state index contributed by atoms with van der Waals surface area (Å²) in [5.41, 5.74) is 0.654. The van der Waals surface area contributed by atoms with Crippen LogP contribution in [0.15, 0.2) is 12.1 Å². The summed E-state index contributed by atoms with van der Waals surface area (Å²) < 4.78 is 17.0. The summed E-state index contributed by atoms with van der Waals surface area (Å²) in [7, 11) is 0. The summed E-state index contributed by atoms with van der Waals surface area (Å²) in [5.74, 6) is 1.75. The van der Waals surface area contributed by atoms with E-state index in [1.54, 1.807) is 12.1 Å². The third-order valence-electron chi connectivity index (χ3n) is 3.80. The highest BCUT2D eigenvalue weighted by Crippen LogP contribution is 2.40. The van der Waals surface area contributed by atoms with Crippen LogP contribution in [-0.2, 0) is 0 Å². The van der Waals surface area contributed by atoms with Gasteiger partial charge >= 0.3 is 6.03 Å². The predicted octanol–water partition coefficient (Wildman–Crippen LogP) is 3.90. The predicted molar refractivity (Wildman–Crippen MR) is 94.4 cm³/mol. The Balaban J connectivity index is 2.23. The summed E-state index contributed by atoms with van der Waals surface area (Å²) in [6.07, 6.45) is 3.31. The van der Waals surface area contributed by atoms with E-state index < -0.39 is 0 Å². The largest absolute Gasteiger partial charge is 0.490 e. The number of ether oxygens (including phenoxy) is 3. The molecule has 1 fully saturated rings. The molecule has 0 saturated carbocycles. The van der Waals surface area contributed by atoms with Crippen LogP contribution >= 0.6 is 0 Å². The Labute approximate surface area is 144 Å². The van der Waals surface area contributed by atoms with Gasteiger partial charge in [-0.15, -0.1) is 0 Å². The molecule has 0 atom stereocenters. The lowest BCUT2D eigenvalue weighted by Gasteiger charge is -2.27. The number of amides is 2. The fourth-order valence-corrected chi connectivity index (χ4v) is 2.76. The molecule has 1 aromatic carbocycles. The number of urea groups is 1. The third kappa shape index (κ3) is 4.69. The zero-order chi connectivity index (χ0) is 17.4. The van der Waals surface area contributed by atoms with Gasteiger partial charge in [0.2, 0.25) is 5.75 Å². The molecular weight excluding hydrogens is 308 g/mol. The van der Waals surface area contributed by atoms with Crippen molar-refractivity contribution in [3.8, 4) is 17.2 Å². The molecule has 6 heteroatoms. The Morgan fingerprint density at radius 3 is 2.00 bits per heavy atom. The summed E-state index contributed by atoms with van der Waals surface area (Å²) in [6.45, 7) is 8.88. The third-order valence-corrected chi connectivity index (χ3v) is 3.80. The Kier molecular flexibility index (Phi) is 7.03. The van der Waals surface area contributed by atoms with Crippen molar-refractivity contribution in [2.24, 2.45) is 0 Å². The molecule has 2 rings (SSSR count). The van der Waals surface area contributed by atoms with Gasteiger partial charge in [0.15, 0.2) is 11.5 Å². The van der Waals surface area contributed by atoms with Crippen molar-refractivity contribution in [1.82, 2.24) is 4.90 Å². The molecular formula is C18H28N2O4. The first-order valence-corrected chi connectivity index (χ1v) is 8.81. The van der Waals surface area contributed by atoms with E-state index in [-0.39, 0.29) is 6.03 Å². The van der Waals surface area contributed by atoms with E-state index in [4.69, 9.17) is 14.2 Å². The van der Waals surface area contributed by atoms with Crippen molar-refractivity contribution in [3.05, 3.63) is 12.1 Å². The first-order chi connectivity index (χ1) is 11.7. The first kappa shape index (κ1) is 18.2. The standard InChI is InChI=1S/C18H28N2O4/c1-4-22-15-12-14(13-16(23-5-2)17(15)24-6-3)19-18(21)20-10-8-7-9-11-20/h12-13H,4-11H2,1-3H3,(H,19,21). The van der Waals surface area contributed by atoms with Gasteiger partial charge in [-0.05, 0) is 40.0 Å². The quantitative estimate of drug-likeness (QED) is 0.820. The normalized spacial score (nSPS) is 14.2. The van der Waals surface area contributed by atoms with E-state index >= 15 is 0 Å². The average molecular weight is 336 g/mol. The molecule has 1 aliphatic rings. The minimum atomic E-state index is -0.0799. The van der Waals surface area contributed by atoms with Gasteiger partial charge in [-0.25, -0.2) is 4.79 Å². The molecule has 1 heterocycles. The maximum Gasteiger partial charge on any atom is 0.321 e. The van der Waals surface area contributed by atoms with Gasteiger partial charge < -0.3 is 24.4 Å². The van der Waals surface area contributed by atoms with Crippen molar-refractivity contribution < 1.29 is 19.0 Å². The Hall–Kier alpha value is -2.11. The van der Waals surface area contributed by atoms with Crippen LogP contribution in [0.4, 0.5) is 10.5 Å². The van der Waals surface area contributed by atoms with Gasteiger partial charge in [0.1, 0.15) is 0 Å². The Morgan fingerprint density at radius 2 is 1.50 bits per heavy atom. The molecule has 1 aromatic rings. The molecule has 0 aliphatic carbocycles. The average Bonchev–Trinajstić information content (AvgIpc) is 2.59.